The minimum absolute atomic E-state index is 0.305. The van der Waals surface area contributed by atoms with Crippen LogP contribution in [0.4, 0.5) is 0 Å². The fourth-order valence-corrected chi connectivity index (χ4v) is 5.13. The topological polar surface area (TPSA) is 0 Å². The molecular formula is C15H27S3+. The van der Waals surface area contributed by atoms with E-state index < -0.39 is 0 Å². The van der Waals surface area contributed by atoms with E-state index >= 15 is 0 Å². The van der Waals surface area contributed by atoms with Crippen LogP contribution in [0.2, 0.25) is 0 Å². The van der Waals surface area contributed by atoms with Crippen molar-refractivity contribution in [3.8, 4) is 0 Å². The molecule has 3 heteroatoms. The molecule has 0 bridgehead atoms. The van der Waals surface area contributed by atoms with Crippen LogP contribution in [-0.2, 0) is 11.4 Å². The molecular weight excluding hydrogens is 276 g/mol. The van der Waals surface area contributed by atoms with Crippen molar-refractivity contribution in [3.63, 3.8) is 0 Å². The van der Waals surface area contributed by atoms with Crippen molar-refractivity contribution in [2.75, 3.05) is 0 Å². The molecule has 0 aliphatic carbocycles. The highest BCUT2D eigenvalue weighted by Crippen LogP contribution is 2.51. The predicted molar refractivity (Wildman–Crippen MR) is 90.4 cm³/mol. The molecule has 1 aromatic rings. The van der Waals surface area contributed by atoms with Gasteiger partial charge in [-0.1, -0.05) is 41.5 Å². The molecule has 0 radical (unpaired) electrons. The smallest absolute Gasteiger partial charge is 0.113 e. The number of hydrogen-bond acceptors (Lipinski definition) is 2. The molecule has 0 nitrogen and oxygen atoms in total. The van der Waals surface area contributed by atoms with Gasteiger partial charge in [0.15, 0.2) is 16.1 Å². The van der Waals surface area contributed by atoms with Gasteiger partial charge in [0.2, 0.25) is 0 Å². The van der Waals surface area contributed by atoms with Gasteiger partial charge in [-0.3, -0.25) is 0 Å². The van der Waals surface area contributed by atoms with Crippen LogP contribution in [0.1, 0.15) is 62.3 Å². The van der Waals surface area contributed by atoms with E-state index in [1.54, 1.807) is 14.3 Å². The van der Waals surface area contributed by atoms with Crippen LogP contribution < -0.4 is 0 Å². The van der Waals surface area contributed by atoms with Gasteiger partial charge in [-0.15, -0.1) is 23.5 Å². The average molecular weight is 304 g/mol. The molecule has 0 aliphatic heterocycles. The maximum atomic E-state index is 2.29. The summed E-state index contributed by atoms with van der Waals surface area (Å²) in [6.45, 7) is 20.6. The molecule has 0 fully saturated rings. The second-order valence-electron chi connectivity index (χ2n) is 7.63. The lowest BCUT2D eigenvalue weighted by atomic mass is 10.3. The summed E-state index contributed by atoms with van der Waals surface area (Å²) in [6, 6.07) is 0. The van der Waals surface area contributed by atoms with Crippen LogP contribution in [0.15, 0.2) is 9.79 Å². The third kappa shape index (κ3) is 6.12. The molecule has 0 spiro atoms. The summed E-state index contributed by atoms with van der Waals surface area (Å²) in [5.74, 6) is 0. The van der Waals surface area contributed by atoms with E-state index in [1.165, 1.54) is 0 Å². The first-order chi connectivity index (χ1) is 7.79. The summed E-state index contributed by atoms with van der Waals surface area (Å²) in [6.07, 6.45) is 0. The molecule has 0 saturated heterocycles. The molecule has 0 aromatic heterocycles. The minimum atomic E-state index is 0.305. The van der Waals surface area contributed by atoms with Crippen LogP contribution in [0.3, 0.4) is 0 Å². The SMILES string of the molecule is CC(C)(C)Sc1c(SC(C)(C)C)c1=[S+]C(C)(C)C. The number of rotatable bonds is 2. The van der Waals surface area contributed by atoms with Crippen molar-refractivity contribution < 1.29 is 0 Å². The van der Waals surface area contributed by atoms with Gasteiger partial charge in [0, 0.05) is 9.49 Å². The lowest BCUT2D eigenvalue weighted by molar-refractivity contribution is 0.800. The predicted octanol–water partition coefficient (Wildman–Crippen LogP) is 5.76. The van der Waals surface area contributed by atoms with E-state index in [2.05, 4.69) is 62.3 Å². The van der Waals surface area contributed by atoms with Crippen molar-refractivity contribution in [1.29, 1.82) is 0 Å². The van der Waals surface area contributed by atoms with Gasteiger partial charge < -0.3 is 0 Å². The Bertz CT molecular complexity index is 396. The lowest BCUT2D eigenvalue weighted by Crippen LogP contribution is -2.10. The van der Waals surface area contributed by atoms with Crippen LogP contribution in [0.25, 0.3) is 0 Å². The van der Waals surface area contributed by atoms with Gasteiger partial charge in [-0.2, -0.15) is 0 Å². The second-order valence-corrected chi connectivity index (χ2v) is 13.1. The summed E-state index contributed by atoms with van der Waals surface area (Å²) in [7, 11) is 0. The normalized spacial score (nSPS) is 14.3. The van der Waals surface area contributed by atoms with Crippen molar-refractivity contribution in [3.05, 3.63) is 4.51 Å². The highest BCUT2D eigenvalue weighted by molar-refractivity contribution is 8.04. The molecule has 0 aliphatic rings. The van der Waals surface area contributed by atoms with E-state index in [0.29, 0.717) is 14.2 Å². The Morgan fingerprint density at radius 1 is 0.667 bits per heavy atom. The van der Waals surface area contributed by atoms with Crippen LogP contribution in [0.5, 0.6) is 0 Å². The van der Waals surface area contributed by atoms with Crippen molar-refractivity contribution in [2.24, 2.45) is 0 Å². The van der Waals surface area contributed by atoms with Gasteiger partial charge in [0.05, 0.1) is 9.79 Å². The van der Waals surface area contributed by atoms with Crippen molar-refractivity contribution >= 4 is 34.9 Å². The Kier molecular flexibility index (Phi) is 4.73. The van der Waals surface area contributed by atoms with E-state index in [1.807, 2.05) is 34.9 Å². The Hall–Kier alpha value is 0.530. The highest BCUT2D eigenvalue weighted by Gasteiger charge is 2.37. The lowest BCUT2D eigenvalue weighted by Gasteiger charge is -2.15. The zero-order valence-electron chi connectivity index (χ0n) is 13.2. The van der Waals surface area contributed by atoms with Crippen LogP contribution >= 0.6 is 23.5 Å². The quantitative estimate of drug-likeness (QED) is 0.387. The van der Waals surface area contributed by atoms with E-state index in [4.69, 9.17) is 0 Å². The zero-order chi connectivity index (χ0) is 14.4. The largest absolute Gasteiger partial charge is 0.254 e. The monoisotopic (exact) mass is 303 g/mol. The fraction of sp³-hybridized carbons (Fsp3) is 0.800. The Labute approximate surface area is 125 Å². The number of hydrogen-bond donors (Lipinski definition) is 0. The summed E-state index contributed by atoms with van der Waals surface area (Å²) >= 11 is 6.06. The first-order valence-corrected chi connectivity index (χ1v) is 8.92. The fourth-order valence-electron chi connectivity index (χ4n) is 1.34. The van der Waals surface area contributed by atoms with Gasteiger partial charge >= 0.3 is 0 Å². The Morgan fingerprint density at radius 3 is 1.22 bits per heavy atom. The van der Waals surface area contributed by atoms with Crippen molar-refractivity contribution in [2.45, 2.75) is 86.3 Å². The second kappa shape index (κ2) is 5.14. The number of thioether (sulfide) groups is 2. The van der Waals surface area contributed by atoms with E-state index in [-0.39, 0.29) is 0 Å². The third-order valence-corrected chi connectivity index (χ3v) is 5.84. The maximum Gasteiger partial charge on any atom is 0.254 e. The molecule has 104 valence electrons. The first kappa shape index (κ1) is 16.6. The van der Waals surface area contributed by atoms with Gasteiger partial charge in [0.1, 0.15) is 0 Å². The zero-order valence-corrected chi connectivity index (χ0v) is 15.7. The molecule has 0 N–H and O–H groups in total. The van der Waals surface area contributed by atoms with Crippen LogP contribution in [0, 0.1) is 4.51 Å². The first-order valence-electron chi connectivity index (χ1n) is 6.47. The van der Waals surface area contributed by atoms with Crippen LogP contribution in [-0.4, -0.2) is 14.2 Å². The van der Waals surface area contributed by atoms with Gasteiger partial charge in [-0.05, 0) is 20.8 Å². The molecule has 1 rings (SSSR count). The molecule has 0 heterocycles. The third-order valence-electron chi connectivity index (χ3n) is 1.78. The summed E-state index contributed by atoms with van der Waals surface area (Å²) in [4.78, 5) is 3.09. The summed E-state index contributed by atoms with van der Waals surface area (Å²) in [5.41, 5.74) is 0. The minimum Gasteiger partial charge on any atom is -0.113 e. The maximum absolute atomic E-state index is 2.29. The molecule has 0 atom stereocenters. The van der Waals surface area contributed by atoms with Crippen molar-refractivity contribution in [1.82, 2.24) is 0 Å². The van der Waals surface area contributed by atoms with Gasteiger partial charge in [-0.25, -0.2) is 0 Å². The average Bonchev–Trinajstić information content (AvgIpc) is 2.53. The molecule has 0 amide bonds. The standard InChI is InChI=1S/C15H27S3/c1-13(2,3)16-10-11(17-14(4,5)6)12(10)18-15(7,8)9/h1-9H3/q+1. The summed E-state index contributed by atoms with van der Waals surface area (Å²) in [5, 5.41) is 0. The van der Waals surface area contributed by atoms with E-state index in [0.717, 1.165) is 0 Å². The van der Waals surface area contributed by atoms with E-state index in [9.17, 15) is 0 Å². The summed E-state index contributed by atoms with van der Waals surface area (Å²) < 4.78 is 2.46. The molecule has 1 aromatic carbocycles. The Morgan fingerprint density at radius 2 is 1.00 bits per heavy atom. The van der Waals surface area contributed by atoms with Gasteiger partial charge in [0.25, 0.3) is 4.51 Å². The Balaban J connectivity index is 3.00. The highest BCUT2D eigenvalue weighted by atomic mass is 32.2. The molecule has 18 heavy (non-hydrogen) atoms. The molecule has 0 unspecified atom stereocenters. The molecule has 0 saturated carbocycles.